The average Bonchev–Trinajstić information content (AvgIpc) is 2.69. The van der Waals surface area contributed by atoms with Gasteiger partial charge in [0.05, 0.1) is 11.8 Å². The molecule has 0 saturated heterocycles. The van der Waals surface area contributed by atoms with Gasteiger partial charge in [-0.05, 0) is 24.3 Å². The molecule has 0 radical (unpaired) electrons. The van der Waals surface area contributed by atoms with Crippen LogP contribution in [0.4, 0.5) is 0 Å². The van der Waals surface area contributed by atoms with Crippen LogP contribution in [0.2, 0.25) is 5.02 Å². The van der Waals surface area contributed by atoms with E-state index >= 15 is 0 Å². The summed E-state index contributed by atoms with van der Waals surface area (Å²) in [5, 5.41) is 17.6. The van der Waals surface area contributed by atoms with Crippen LogP contribution in [-0.2, 0) is 0 Å². The van der Waals surface area contributed by atoms with Gasteiger partial charge in [-0.15, -0.1) is 10.2 Å². The van der Waals surface area contributed by atoms with Gasteiger partial charge in [-0.2, -0.15) is 5.26 Å². The molecule has 0 amide bonds. The smallest absolute Gasteiger partial charge is 0.211 e. The highest BCUT2D eigenvalue weighted by Crippen LogP contribution is 2.22. The normalized spacial score (nSPS) is 10.1. The number of thioether (sulfide) groups is 1. The fraction of sp³-hybridized carbons (Fsp3) is 0.100. The van der Waals surface area contributed by atoms with Gasteiger partial charge in [0.1, 0.15) is 0 Å². The highest BCUT2D eigenvalue weighted by Gasteiger charge is 2.11. The number of nitrogens with two attached hydrogens (primary N) is 1. The third-order valence-corrected chi connectivity index (χ3v) is 3.09. The van der Waals surface area contributed by atoms with Crippen LogP contribution in [0.15, 0.2) is 29.4 Å². The van der Waals surface area contributed by atoms with E-state index in [0.29, 0.717) is 16.0 Å². The Hall–Kier alpha value is -1.71. The van der Waals surface area contributed by atoms with Crippen molar-refractivity contribution in [2.45, 2.75) is 5.16 Å². The molecular weight excluding hydrogens is 258 g/mol. The average molecular weight is 266 g/mol. The molecule has 0 spiro atoms. The van der Waals surface area contributed by atoms with Gasteiger partial charge < -0.3 is 5.84 Å². The quantitative estimate of drug-likeness (QED) is 0.677. The van der Waals surface area contributed by atoms with E-state index in [1.807, 2.05) is 18.2 Å². The largest absolute Gasteiger partial charge is 0.335 e. The number of benzene rings is 1. The van der Waals surface area contributed by atoms with Crippen molar-refractivity contribution in [3.63, 3.8) is 0 Å². The zero-order chi connectivity index (χ0) is 12.3. The van der Waals surface area contributed by atoms with Crippen molar-refractivity contribution in [1.82, 2.24) is 14.9 Å². The summed E-state index contributed by atoms with van der Waals surface area (Å²) in [6.45, 7) is 0. The molecule has 86 valence electrons. The van der Waals surface area contributed by atoms with E-state index in [0.717, 1.165) is 5.56 Å². The molecule has 0 saturated carbocycles. The second-order valence-electron chi connectivity index (χ2n) is 3.13. The number of nitrogens with zero attached hydrogens (tertiary/aromatic N) is 4. The van der Waals surface area contributed by atoms with Gasteiger partial charge in [0.15, 0.2) is 5.82 Å². The minimum Gasteiger partial charge on any atom is -0.335 e. The number of hydrogen-bond acceptors (Lipinski definition) is 5. The van der Waals surface area contributed by atoms with E-state index in [1.165, 1.54) is 16.4 Å². The molecule has 0 aliphatic heterocycles. The highest BCUT2D eigenvalue weighted by atomic mass is 35.5. The molecule has 2 N–H and O–H groups in total. The monoisotopic (exact) mass is 265 g/mol. The molecule has 0 aliphatic rings. The minimum absolute atomic E-state index is 0.288. The summed E-state index contributed by atoms with van der Waals surface area (Å²) in [6, 6.07) is 9.15. The van der Waals surface area contributed by atoms with Crippen LogP contribution in [0.5, 0.6) is 0 Å². The summed E-state index contributed by atoms with van der Waals surface area (Å²) in [4.78, 5) is 0. The molecule has 0 unspecified atom stereocenters. The molecule has 0 atom stereocenters. The van der Waals surface area contributed by atoms with Crippen molar-refractivity contribution >= 4 is 23.4 Å². The number of nitriles is 1. The van der Waals surface area contributed by atoms with Crippen LogP contribution in [0.3, 0.4) is 0 Å². The van der Waals surface area contributed by atoms with Crippen LogP contribution < -0.4 is 5.84 Å². The van der Waals surface area contributed by atoms with E-state index in [-0.39, 0.29) is 5.75 Å². The van der Waals surface area contributed by atoms with Crippen molar-refractivity contribution in [1.29, 1.82) is 5.26 Å². The Labute approximate surface area is 107 Å². The molecular formula is C10H8ClN5S. The molecule has 7 heteroatoms. The lowest BCUT2D eigenvalue weighted by Crippen LogP contribution is -2.11. The topological polar surface area (TPSA) is 80.5 Å². The van der Waals surface area contributed by atoms with E-state index in [4.69, 9.17) is 22.7 Å². The summed E-state index contributed by atoms with van der Waals surface area (Å²) >= 11 is 7.04. The second kappa shape index (κ2) is 5.08. The van der Waals surface area contributed by atoms with Gasteiger partial charge in [0.25, 0.3) is 0 Å². The van der Waals surface area contributed by atoms with Crippen molar-refractivity contribution in [3.05, 3.63) is 29.3 Å². The molecule has 1 heterocycles. The Morgan fingerprint density at radius 1 is 1.35 bits per heavy atom. The van der Waals surface area contributed by atoms with Crippen molar-refractivity contribution < 1.29 is 0 Å². The molecule has 2 aromatic rings. The third kappa shape index (κ3) is 2.52. The molecule has 0 aliphatic carbocycles. The fourth-order valence-corrected chi connectivity index (χ4v) is 1.91. The molecule has 0 bridgehead atoms. The lowest BCUT2D eigenvalue weighted by molar-refractivity contribution is 0.851. The zero-order valence-corrected chi connectivity index (χ0v) is 10.2. The van der Waals surface area contributed by atoms with Crippen molar-refractivity contribution in [3.8, 4) is 17.5 Å². The maximum atomic E-state index is 8.49. The standard InChI is InChI=1S/C10H8ClN5S/c11-8-3-1-7(2-4-8)9-14-15-10(16(9)13)17-6-5-12/h1-4H,6,13H2. The first-order valence-corrected chi connectivity index (χ1v) is 6.05. The molecule has 17 heavy (non-hydrogen) atoms. The van der Waals surface area contributed by atoms with Gasteiger partial charge in [-0.1, -0.05) is 23.4 Å². The predicted molar refractivity (Wildman–Crippen MR) is 67.0 cm³/mol. The maximum absolute atomic E-state index is 8.49. The number of nitrogen functional groups attached to an aromatic ring is 1. The first-order chi connectivity index (χ1) is 8.22. The van der Waals surface area contributed by atoms with Crippen molar-refractivity contribution in [2.24, 2.45) is 0 Å². The Bertz CT molecular complexity index is 557. The van der Waals surface area contributed by atoms with Crippen molar-refractivity contribution in [2.75, 3.05) is 11.6 Å². The number of rotatable bonds is 3. The third-order valence-electron chi connectivity index (χ3n) is 2.03. The molecule has 2 rings (SSSR count). The van der Waals surface area contributed by atoms with E-state index in [9.17, 15) is 0 Å². The highest BCUT2D eigenvalue weighted by molar-refractivity contribution is 7.99. The van der Waals surface area contributed by atoms with Crippen LogP contribution in [0, 0.1) is 11.3 Å². The van der Waals surface area contributed by atoms with Gasteiger partial charge >= 0.3 is 0 Å². The fourth-order valence-electron chi connectivity index (χ4n) is 1.27. The second-order valence-corrected chi connectivity index (χ2v) is 4.51. The van der Waals surface area contributed by atoms with E-state index < -0.39 is 0 Å². The Morgan fingerprint density at radius 2 is 2.06 bits per heavy atom. The summed E-state index contributed by atoms with van der Waals surface area (Å²) in [5.74, 6) is 6.67. The van der Waals surface area contributed by atoms with Gasteiger partial charge in [0.2, 0.25) is 5.16 Å². The van der Waals surface area contributed by atoms with Crippen LogP contribution in [0.1, 0.15) is 0 Å². The Kier molecular flexibility index (Phi) is 3.52. The molecule has 5 nitrogen and oxygen atoms in total. The Morgan fingerprint density at radius 3 is 2.71 bits per heavy atom. The molecule has 1 aromatic carbocycles. The maximum Gasteiger partial charge on any atom is 0.211 e. The summed E-state index contributed by atoms with van der Waals surface area (Å²) < 4.78 is 1.37. The van der Waals surface area contributed by atoms with Gasteiger partial charge in [0, 0.05) is 10.6 Å². The number of hydrogen-bond donors (Lipinski definition) is 1. The number of aromatic nitrogens is 3. The lowest BCUT2D eigenvalue weighted by atomic mass is 10.2. The first kappa shape index (κ1) is 11.8. The zero-order valence-electron chi connectivity index (χ0n) is 8.67. The van der Waals surface area contributed by atoms with Crippen LogP contribution in [0.25, 0.3) is 11.4 Å². The molecule has 0 fully saturated rings. The first-order valence-electron chi connectivity index (χ1n) is 4.68. The molecule has 1 aromatic heterocycles. The summed E-state index contributed by atoms with van der Waals surface area (Å²) in [6.07, 6.45) is 0. The summed E-state index contributed by atoms with van der Waals surface area (Å²) in [5.41, 5.74) is 0.827. The number of halogens is 1. The lowest BCUT2D eigenvalue weighted by Gasteiger charge is -2.02. The summed E-state index contributed by atoms with van der Waals surface area (Å²) in [7, 11) is 0. The SMILES string of the molecule is N#CCSc1nnc(-c2ccc(Cl)cc2)n1N. The predicted octanol–water partition coefficient (Wildman–Crippen LogP) is 1.93. The van der Waals surface area contributed by atoms with Gasteiger partial charge in [-0.25, -0.2) is 4.68 Å². The van der Waals surface area contributed by atoms with Crippen LogP contribution in [-0.4, -0.2) is 20.6 Å². The minimum atomic E-state index is 0.288. The van der Waals surface area contributed by atoms with Crippen LogP contribution >= 0.6 is 23.4 Å². The Balaban J connectivity index is 2.31. The van der Waals surface area contributed by atoms with E-state index in [1.54, 1.807) is 12.1 Å². The van der Waals surface area contributed by atoms with E-state index in [2.05, 4.69) is 10.2 Å². The van der Waals surface area contributed by atoms with Gasteiger partial charge in [-0.3, -0.25) is 0 Å².